The molecule has 0 saturated heterocycles. The fraction of sp³-hybridized carbons (Fsp3) is 0.250. The lowest BCUT2D eigenvalue weighted by molar-refractivity contribution is 0.627. The first-order valence-corrected chi connectivity index (χ1v) is 5.20. The molecule has 0 aliphatic rings. The van der Waals surface area contributed by atoms with E-state index in [4.69, 9.17) is 0 Å². The van der Waals surface area contributed by atoms with Gasteiger partial charge in [0.05, 0.1) is 5.69 Å². The Morgan fingerprint density at radius 2 is 1.94 bits per heavy atom. The Hall–Kier alpha value is -1.84. The monoisotopic (exact) mass is 220 g/mol. The van der Waals surface area contributed by atoms with E-state index in [-0.39, 0.29) is 11.4 Å². The van der Waals surface area contributed by atoms with E-state index < -0.39 is 0 Å². The molecule has 2 aromatic rings. The smallest absolute Gasteiger partial charge is 0.274 e. The van der Waals surface area contributed by atoms with Crippen LogP contribution in [0.3, 0.4) is 0 Å². The van der Waals surface area contributed by atoms with Crippen LogP contribution in [0.4, 0.5) is 4.39 Å². The minimum atomic E-state index is -0.309. The van der Waals surface area contributed by atoms with Crippen molar-refractivity contribution in [2.24, 2.45) is 0 Å². The third-order valence-corrected chi connectivity index (χ3v) is 2.63. The van der Waals surface area contributed by atoms with Crippen molar-refractivity contribution in [2.45, 2.75) is 20.3 Å². The molecule has 4 heteroatoms. The summed E-state index contributed by atoms with van der Waals surface area (Å²) in [5, 5.41) is 2.98. The van der Waals surface area contributed by atoms with E-state index in [0.717, 1.165) is 11.3 Å². The van der Waals surface area contributed by atoms with Gasteiger partial charge in [0.15, 0.2) is 0 Å². The van der Waals surface area contributed by atoms with Crippen molar-refractivity contribution in [2.75, 3.05) is 0 Å². The van der Waals surface area contributed by atoms with Gasteiger partial charge in [-0.25, -0.2) is 9.07 Å². The summed E-state index contributed by atoms with van der Waals surface area (Å²) >= 11 is 0. The van der Waals surface area contributed by atoms with Crippen molar-refractivity contribution < 1.29 is 4.39 Å². The SMILES string of the molecule is CCc1c(C)[nH]n(-c2ccc(F)cc2)c1=O. The Kier molecular flexibility index (Phi) is 2.64. The average Bonchev–Trinajstić information content (AvgIpc) is 2.55. The quantitative estimate of drug-likeness (QED) is 0.827. The standard InChI is InChI=1S/C12H13FN2O/c1-3-11-8(2)14-15(12(11)16)10-6-4-9(13)5-7-10/h4-7,14H,3H2,1-2H3. The average molecular weight is 220 g/mol. The first-order chi connectivity index (χ1) is 7.63. The minimum Gasteiger partial charge on any atom is -0.295 e. The second kappa shape index (κ2) is 3.96. The number of aromatic amines is 1. The zero-order valence-electron chi connectivity index (χ0n) is 9.25. The van der Waals surface area contributed by atoms with E-state index in [1.165, 1.54) is 16.8 Å². The van der Waals surface area contributed by atoms with Gasteiger partial charge in [-0.1, -0.05) is 6.92 Å². The van der Waals surface area contributed by atoms with Gasteiger partial charge in [-0.2, -0.15) is 0 Å². The maximum absolute atomic E-state index is 12.8. The van der Waals surface area contributed by atoms with E-state index in [1.807, 2.05) is 13.8 Å². The Morgan fingerprint density at radius 1 is 1.31 bits per heavy atom. The molecule has 0 aliphatic heterocycles. The van der Waals surface area contributed by atoms with Crippen molar-refractivity contribution in [1.82, 2.24) is 9.78 Å². The highest BCUT2D eigenvalue weighted by atomic mass is 19.1. The maximum atomic E-state index is 12.8. The van der Waals surface area contributed by atoms with E-state index in [2.05, 4.69) is 5.10 Å². The molecular formula is C12H13FN2O. The number of nitrogens with zero attached hydrogens (tertiary/aromatic N) is 1. The molecule has 0 saturated carbocycles. The number of benzene rings is 1. The first kappa shape index (κ1) is 10.7. The van der Waals surface area contributed by atoms with Crippen LogP contribution in [0.2, 0.25) is 0 Å². The van der Waals surface area contributed by atoms with Crippen LogP contribution in [-0.2, 0) is 6.42 Å². The van der Waals surface area contributed by atoms with Gasteiger partial charge in [0.25, 0.3) is 5.56 Å². The predicted octanol–water partition coefficient (Wildman–Crippen LogP) is 2.18. The topological polar surface area (TPSA) is 37.8 Å². The Bertz CT molecular complexity index is 551. The molecule has 2 rings (SSSR count). The molecule has 1 N–H and O–H groups in total. The molecule has 0 aliphatic carbocycles. The molecule has 0 unspecified atom stereocenters. The maximum Gasteiger partial charge on any atom is 0.274 e. The number of hydrogen-bond acceptors (Lipinski definition) is 1. The van der Waals surface area contributed by atoms with Gasteiger partial charge in [-0.3, -0.25) is 9.89 Å². The van der Waals surface area contributed by atoms with Crippen LogP contribution in [0.15, 0.2) is 29.1 Å². The largest absolute Gasteiger partial charge is 0.295 e. The Balaban J connectivity index is 2.57. The lowest BCUT2D eigenvalue weighted by Gasteiger charge is -2.00. The van der Waals surface area contributed by atoms with E-state index >= 15 is 0 Å². The van der Waals surface area contributed by atoms with Gasteiger partial charge < -0.3 is 0 Å². The van der Waals surface area contributed by atoms with Crippen LogP contribution >= 0.6 is 0 Å². The molecule has 0 atom stereocenters. The van der Waals surface area contributed by atoms with Crippen LogP contribution in [0, 0.1) is 12.7 Å². The molecular weight excluding hydrogens is 207 g/mol. The molecule has 0 fully saturated rings. The summed E-state index contributed by atoms with van der Waals surface area (Å²) in [5.41, 5.74) is 2.21. The molecule has 16 heavy (non-hydrogen) atoms. The Labute approximate surface area is 92.5 Å². The zero-order valence-corrected chi connectivity index (χ0v) is 9.25. The van der Waals surface area contributed by atoms with Crippen molar-refractivity contribution in [1.29, 1.82) is 0 Å². The van der Waals surface area contributed by atoms with Crippen molar-refractivity contribution in [3.8, 4) is 5.69 Å². The molecule has 0 amide bonds. The molecule has 3 nitrogen and oxygen atoms in total. The van der Waals surface area contributed by atoms with Gasteiger partial charge in [-0.05, 0) is 37.6 Å². The molecule has 84 valence electrons. The van der Waals surface area contributed by atoms with Gasteiger partial charge >= 0.3 is 0 Å². The lowest BCUT2D eigenvalue weighted by atomic mass is 10.2. The zero-order chi connectivity index (χ0) is 11.7. The summed E-state index contributed by atoms with van der Waals surface area (Å²) < 4.78 is 14.2. The van der Waals surface area contributed by atoms with Crippen molar-refractivity contribution in [3.05, 3.63) is 51.7 Å². The molecule has 0 bridgehead atoms. The van der Waals surface area contributed by atoms with E-state index in [9.17, 15) is 9.18 Å². The Morgan fingerprint density at radius 3 is 2.44 bits per heavy atom. The van der Waals surface area contributed by atoms with Crippen LogP contribution in [0.5, 0.6) is 0 Å². The molecule has 1 heterocycles. The number of aromatic nitrogens is 2. The number of halogens is 1. The molecule has 1 aromatic carbocycles. The van der Waals surface area contributed by atoms with Crippen LogP contribution in [0.1, 0.15) is 18.2 Å². The highest BCUT2D eigenvalue weighted by Gasteiger charge is 2.09. The van der Waals surface area contributed by atoms with E-state index in [0.29, 0.717) is 12.1 Å². The van der Waals surface area contributed by atoms with Gasteiger partial charge in [-0.15, -0.1) is 0 Å². The normalized spacial score (nSPS) is 10.7. The number of H-pyrrole nitrogens is 1. The van der Waals surface area contributed by atoms with Crippen LogP contribution in [0.25, 0.3) is 5.69 Å². The lowest BCUT2D eigenvalue weighted by Crippen LogP contribution is -2.16. The summed E-state index contributed by atoms with van der Waals surface area (Å²) in [7, 11) is 0. The fourth-order valence-corrected chi connectivity index (χ4v) is 1.77. The van der Waals surface area contributed by atoms with Crippen molar-refractivity contribution in [3.63, 3.8) is 0 Å². The predicted molar refractivity (Wildman–Crippen MR) is 60.5 cm³/mol. The van der Waals surface area contributed by atoms with Crippen molar-refractivity contribution >= 4 is 0 Å². The molecule has 0 radical (unpaired) electrons. The number of hydrogen-bond donors (Lipinski definition) is 1. The summed E-state index contributed by atoms with van der Waals surface area (Å²) in [6, 6.07) is 5.82. The summed E-state index contributed by atoms with van der Waals surface area (Å²) in [6.07, 6.45) is 0.690. The second-order valence-corrected chi connectivity index (χ2v) is 3.69. The summed E-state index contributed by atoms with van der Waals surface area (Å²) in [5.74, 6) is -0.309. The van der Waals surface area contributed by atoms with Gasteiger partial charge in [0.2, 0.25) is 0 Å². The fourth-order valence-electron chi connectivity index (χ4n) is 1.77. The third kappa shape index (κ3) is 1.66. The van der Waals surface area contributed by atoms with Crippen LogP contribution in [-0.4, -0.2) is 9.78 Å². The first-order valence-electron chi connectivity index (χ1n) is 5.20. The molecule has 0 spiro atoms. The van der Waals surface area contributed by atoms with Gasteiger partial charge in [0, 0.05) is 11.3 Å². The minimum absolute atomic E-state index is 0.0633. The molecule has 1 aromatic heterocycles. The van der Waals surface area contributed by atoms with E-state index in [1.54, 1.807) is 12.1 Å². The number of rotatable bonds is 2. The van der Waals surface area contributed by atoms with Crippen LogP contribution < -0.4 is 5.56 Å². The number of aryl methyl sites for hydroxylation is 1. The second-order valence-electron chi connectivity index (χ2n) is 3.69. The van der Waals surface area contributed by atoms with Gasteiger partial charge in [0.1, 0.15) is 5.82 Å². The number of nitrogens with one attached hydrogen (secondary N) is 1. The summed E-state index contributed by atoms with van der Waals surface area (Å²) in [4.78, 5) is 11.9. The highest BCUT2D eigenvalue weighted by Crippen LogP contribution is 2.08. The summed E-state index contributed by atoms with van der Waals surface area (Å²) in [6.45, 7) is 3.80. The highest BCUT2D eigenvalue weighted by molar-refractivity contribution is 5.33. The third-order valence-electron chi connectivity index (χ3n) is 2.63.